The monoisotopic (exact) mass is 228 g/mol. The fourth-order valence-corrected chi connectivity index (χ4v) is 3.07. The first kappa shape index (κ1) is 12.3. The predicted octanol–water partition coefficient (Wildman–Crippen LogP) is 2.12. The SMILES string of the molecule is CCC1(C)CC(O)(C2CCOCC2)CCO1. The molecule has 0 aromatic rings. The number of rotatable bonds is 2. The van der Waals surface area contributed by atoms with E-state index in [4.69, 9.17) is 9.47 Å². The van der Waals surface area contributed by atoms with Crippen molar-refractivity contribution in [3.63, 3.8) is 0 Å². The van der Waals surface area contributed by atoms with Gasteiger partial charge in [0.05, 0.1) is 17.8 Å². The van der Waals surface area contributed by atoms with Crippen molar-refractivity contribution in [2.45, 2.75) is 57.2 Å². The van der Waals surface area contributed by atoms with Crippen LogP contribution in [0.4, 0.5) is 0 Å². The molecule has 0 spiro atoms. The average Bonchev–Trinajstić information content (AvgIpc) is 2.30. The zero-order valence-electron chi connectivity index (χ0n) is 10.5. The van der Waals surface area contributed by atoms with Crippen molar-refractivity contribution < 1.29 is 14.6 Å². The zero-order chi connectivity index (χ0) is 11.6. The highest BCUT2D eigenvalue weighted by atomic mass is 16.5. The van der Waals surface area contributed by atoms with E-state index in [0.717, 1.165) is 45.3 Å². The number of aliphatic hydroxyl groups is 1. The molecule has 2 unspecified atom stereocenters. The molecule has 0 bridgehead atoms. The molecule has 2 rings (SSSR count). The molecule has 2 fully saturated rings. The van der Waals surface area contributed by atoms with Gasteiger partial charge in [0.1, 0.15) is 0 Å². The molecular weight excluding hydrogens is 204 g/mol. The van der Waals surface area contributed by atoms with Crippen molar-refractivity contribution in [1.29, 1.82) is 0 Å². The standard InChI is InChI=1S/C13H24O3/c1-3-12(2)10-13(14,6-9-16-12)11-4-7-15-8-5-11/h11,14H,3-10H2,1-2H3. The fraction of sp³-hybridized carbons (Fsp3) is 1.00. The molecule has 0 aliphatic carbocycles. The molecule has 16 heavy (non-hydrogen) atoms. The Morgan fingerprint density at radius 1 is 1.25 bits per heavy atom. The zero-order valence-corrected chi connectivity index (χ0v) is 10.5. The van der Waals surface area contributed by atoms with Crippen LogP contribution in [0.2, 0.25) is 0 Å². The lowest BCUT2D eigenvalue weighted by molar-refractivity contribution is -0.184. The van der Waals surface area contributed by atoms with E-state index < -0.39 is 5.60 Å². The second-order valence-corrected chi connectivity index (χ2v) is 5.57. The Morgan fingerprint density at radius 3 is 2.56 bits per heavy atom. The molecule has 0 aromatic carbocycles. The van der Waals surface area contributed by atoms with Gasteiger partial charge in [-0.25, -0.2) is 0 Å². The van der Waals surface area contributed by atoms with Gasteiger partial charge < -0.3 is 14.6 Å². The van der Waals surface area contributed by atoms with Gasteiger partial charge in [0.15, 0.2) is 0 Å². The number of hydrogen-bond donors (Lipinski definition) is 1. The third-order valence-electron chi connectivity index (χ3n) is 4.39. The molecule has 1 N–H and O–H groups in total. The molecule has 3 heteroatoms. The summed E-state index contributed by atoms with van der Waals surface area (Å²) in [5.41, 5.74) is -0.655. The van der Waals surface area contributed by atoms with Crippen LogP contribution in [0, 0.1) is 5.92 Å². The quantitative estimate of drug-likeness (QED) is 0.787. The fourth-order valence-electron chi connectivity index (χ4n) is 3.07. The maximum atomic E-state index is 10.8. The third kappa shape index (κ3) is 2.41. The average molecular weight is 228 g/mol. The summed E-state index contributed by atoms with van der Waals surface area (Å²) in [5, 5.41) is 10.8. The first-order valence-corrected chi connectivity index (χ1v) is 6.52. The Bertz CT molecular complexity index is 237. The van der Waals surface area contributed by atoms with Gasteiger partial charge in [-0.05, 0) is 38.5 Å². The Morgan fingerprint density at radius 2 is 1.94 bits per heavy atom. The van der Waals surface area contributed by atoms with E-state index in [0.29, 0.717) is 12.5 Å². The summed E-state index contributed by atoms with van der Waals surface area (Å²) in [6.07, 6.45) is 4.53. The van der Waals surface area contributed by atoms with Crippen molar-refractivity contribution in [3.05, 3.63) is 0 Å². The highest BCUT2D eigenvalue weighted by molar-refractivity contribution is 4.96. The van der Waals surface area contributed by atoms with Gasteiger partial charge in [-0.15, -0.1) is 0 Å². The van der Waals surface area contributed by atoms with E-state index >= 15 is 0 Å². The van der Waals surface area contributed by atoms with E-state index in [1.807, 2.05) is 0 Å². The molecule has 94 valence electrons. The van der Waals surface area contributed by atoms with Crippen LogP contribution in [0.15, 0.2) is 0 Å². The van der Waals surface area contributed by atoms with Gasteiger partial charge in [0.2, 0.25) is 0 Å². The Hall–Kier alpha value is -0.120. The van der Waals surface area contributed by atoms with E-state index in [1.165, 1.54) is 0 Å². The smallest absolute Gasteiger partial charge is 0.0726 e. The Kier molecular flexibility index (Phi) is 3.57. The molecular formula is C13H24O3. The number of hydrogen-bond acceptors (Lipinski definition) is 3. The van der Waals surface area contributed by atoms with Crippen molar-refractivity contribution in [3.8, 4) is 0 Å². The third-order valence-corrected chi connectivity index (χ3v) is 4.39. The molecule has 3 nitrogen and oxygen atoms in total. The van der Waals surface area contributed by atoms with Gasteiger partial charge in [0.25, 0.3) is 0 Å². The first-order valence-electron chi connectivity index (χ1n) is 6.52. The minimum atomic E-state index is -0.521. The van der Waals surface area contributed by atoms with E-state index in [1.54, 1.807) is 0 Å². The van der Waals surface area contributed by atoms with Crippen molar-refractivity contribution in [1.82, 2.24) is 0 Å². The van der Waals surface area contributed by atoms with Crippen LogP contribution in [0.5, 0.6) is 0 Å². The molecule has 2 heterocycles. The highest BCUT2D eigenvalue weighted by Gasteiger charge is 2.46. The summed E-state index contributed by atoms with van der Waals surface area (Å²) >= 11 is 0. The molecule has 2 aliphatic heterocycles. The van der Waals surface area contributed by atoms with Gasteiger partial charge in [-0.3, -0.25) is 0 Å². The lowest BCUT2D eigenvalue weighted by Crippen LogP contribution is -2.52. The second-order valence-electron chi connectivity index (χ2n) is 5.57. The maximum absolute atomic E-state index is 10.8. The molecule has 0 saturated carbocycles. The topological polar surface area (TPSA) is 38.7 Å². The van der Waals surface area contributed by atoms with Crippen LogP contribution in [0.3, 0.4) is 0 Å². The summed E-state index contributed by atoms with van der Waals surface area (Å²) in [4.78, 5) is 0. The van der Waals surface area contributed by atoms with E-state index in [2.05, 4.69) is 13.8 Å². The molecule has 2 atom stereocenters. The van der Waals surface area contributed by atoms with Gasteiger partial charge in [0, 0.05) is 19.6 Å². The molecule has 0 aromatic heterocycles. The first-order chi connectivity index (χ1) is 7.58. The van der Waals surface area contributed by atoms with Gasteiger partial charge >= 0.3 is 0 Å². The van der Waals surface area contributed by atoms with Crippen molar-refractivity contribution >= 4 is 0 Å². The Labute approximate surface area is 98.1 Å². The van der Waals surface area contributed by atoms with Crippen LogP contribution < -0.4 is 0 Å². The van der Waals surface area contributed by atoms with Crippen molar-refractivity contribution in [2.75, 3.05) is 19.8 Å². The van der Waals surface area contributed by atoms with E-state index in [-0.39, 0.29) is 5.60 Å². The minimum absolute atomic E-state index is 0.134. The minimum Gasteiger partial charge on any atom is -0.389 e. The highest BCUT2D eigenvalue weighted by Crippen LogP contribution is 2.42. The lowest BCUT2D eigenvalue weighted by Gasteiger charge is -2.47. The largest absolute Gasteiger partial charge is 0.389 e. The Balaban J connectivity index is 2.05. The molecule has 2 aliphatic rings. The van der Waals surface area contributed by atoms with Crippen LogP contribution in [-0.2, 0) is 9.47 Å². The van der Waals surface area contributed by atoms with Crippen LogP contribution in [0.25, 0.3) is 0 Å². The van der Waals surface area contributed by atoms with Gasteiger partial charge in [-0.2, -0.15) is 0 Å². The summed E-state index contributed by atoms with van der Waals surface area (Å²) in [6.45, 7) is 6.55. The summed E-state index contributed by atoms with van der Waals surface area (Å²) in [6, 6.07) is 0. The second kappa shape index (κ2) is 4.63. The summed E-state index contributed by atoms with van der Waals surface area (Å²) < 4.78 is 11.2. The van der Waals surface area contributed by atoms with Crippen LogP contribution >= 0.6 is 0 Å². The predicted molar refractivity (Wildman–Crippen MR) is 62.4 cm³/mol. The van der Waals surface area contributed by atoms with Crippen molar-refractivity contribution in [2.24, 2.45) is 5.92 Å². The normalized spacial score (nSPS) is 42.2. The number of ether oxygens (including phenoxy) is 2. The summed E-state index contributed by atoms with van der Waals surface area (Å²) in [7, 11) is 0. The van der Waals surface area contributed by atoms with Crippen LogP contribution in [-0.4, -0.2) is 36.1 Å². The molecule has 0 amide bonds. The lowest BCUT2D eigenvalue weighted by atomic mass is 9.71. The molecule has 0 radical (unpaired) electrons. The van der Waals surface area contributed by atoms with Crippen LogP contribution in [0.1, 0.15) is 46.0 Å². The van der Waals surface area contributed by atoms with E-state index in [9.17, 15) is 5.11 Å². The summed E-state index contributed by atoms with van der Waals surface area (Å²) in [5.74, 6) is 0.399. The van der Waals surface area contributed by atoms with Gasteiger partial charge in [-0.1, -0.05) is 6.92 Å². The molecule has 2 saturated heterocycles. The maximum Gasteiger partial charge on any atom is 0.0726 e.